The van der Waals surface area contributed by atoms with Crippen LogP contribution in [-0.4, -0.2) is 39.5 Å². The average molecular weight is 531 g/mol. The monoisotopic (exact) mass is 530 g/mol. The Morgan fingerprint density at radius 1 is 1.29 bits per heavy atom. The van der Waals surface area contributed by atoms with E-state index in [1.807, 2.05) is 6.92 Å². The summed E-state index contributed by atoms with van der Waals surface area (Å²) in [6.45, 7) is 5.33. The van der Waals surface area contributed by atoms with E-state index in [0.29, 0.717) is 23.1 Å². The van der Waals surface area contributed by atoms with Crippen LogP contribution in [0.25, 0.3) is 10.9 Å². The third kappa shape index (κ3) is 5.66. The highest BCUT2D eigenvalue weighted by atomic mass is 79.9. The highest BCUT2D eigenvalue weighted by Gasteiger charge is 2.19. The number of non-ortho nitro benzene ring substituents is 1. The molecular formula is C23H23BrN4O6. The van der Waals surface area contributed by atoms with Crippen molar-refractivity contribution in [3.8, 4) is 5.75 Å². The predicted molar refractivity (Wildman–Crippen MR) is 131 cm³/mol. The SMILES string of the molecule is CCCc1nc2ccc(Br)cc2c(=O)n1N=Cc1cc([N+](=O)[O-])ccc1O[C@@H](C)C(=O)OCC. The minimum atomic E-state index is -0.952. The van der Waals surface area contributed by atoms with Crippen LogP contribution in [0.1, 0.15) is 38.6 Å². The number of rotatable bonds is 9. The molecule has 0 spiro atoms. The van der Waals surface area contributed by atoms with Crippen LogP contribution in [0.15, 0.2) is 50.8 Å². The van der Waals surface area contributed by atoms with Crippen molar-refractivity contribution in [1.82, 2.24) is 9.66 Å². The molecule has 0 N–H and O–H groups in total. The summed E-state index contributed by atoms with van der Waals surface area (Å²) in [6.07, 6.45) is 1.56. The normalized spacial score (nSPS) is 12.1. The van der Waals surface area contributed by atoms with Crippen molar-refractivity contribution in [2.45, 2.75) is 39.7 Å². The van der Waals surface area contributed by atoms with Crippen LogP contribution in [0.4, 0.5) is 5.69 Å². The van der Waals surface area contributed by atoms with Crippen LogP contribution in [-0.2, 0) is 16.0 Å². The van der Waals surface area contributed by atoms with Gasteiger partial charge in [0.05, 0.1) is 28.6 Å². The molecule has 1 aromatic heterocycles. The third-order valence-corrected chi connectivity index (χ3v) is 5.28. The smallest absolute Gasteiger partial charge is 0.347 e. The first-order valence-electron chi connectivity index (χ1n) is 10.6. The van der Waals surface area contributed by atoms with Crippen molar-refractivity contribution in [3.63, 3.8) is 0 Å². The van der Waals surface area contributed by atoms with Crippen LogP contribution in [0.2, 0.25) is 0 Å². The molecule has 0 radical (unpaired) electrons. The maximum absolute atomic E-state index is 13.2. The second kappa shape index (κ2) is 11.0. The maximum atomic E-state index is 13.2. The molecule has 1 atom stereocenters. The number of esters is 1. The highest BCUT2D eigenvalue weighted by Crippen LogP contribution is 2.24. The summed E-state index contributed by atoms with van der Waals surface area (Å²) >= 11 is 3.36. The van der Waals surface area contributed by atoms with Crippen molar-refractivity contribution in [1.29, 1.82) is 0 Å². The molecule has 0 amide bonds. The van der Waals surface area contributed by atoms with Gasteiger partial charge in [0.15, 0.2) is 6.10 Å². The number of fused-ring (bicyclic) bond motifs is 1. The third-order valence-electron chi connectivity index (χ3n) is 4.79. The second-order valence-corrected chi connectivity index (χ2v) is 8.21. The van der Waals surface area contributed by atoms with E-state index in [1.54, 1.807) is 25.1 Å². The maximum Gasteiger partial charge on any atom is 0.347 e. The van der Waals surface area contributed by atoms with E-state index in [0.717, 1.165) is 10.9 Å². The van der Waals surface area contributed by atoms with Crippen LogP contribution < -0.4 is 10.3 Å². The van der Waals surface area contributed by atoms with Gasteiger partial charge in [-0.15, -0.1) is 0 Å². The minimum absolute atomic E-state index is 0.177. The number of benzene rings is 2. The Bertz CT molecular complexity index is 1320. The van der Waals surface area contributed by atoms with Crippen LogP contribution in [0.3, 0.4) is 0 Å². The molecule has 34 heavy (non-hydrogen) atoms. The van der Waals surface area contributed by atoms with Crippen molar-refractivity contribution in [3.05, 3.63) is 72.7 Å². The molecule has 0 saturated carbocycles. The Kier molecular flexibility index (Phi) is 8.11. The number of hydrogen-bond donors (Lipinski definition) is 0. The predicted octanol–water partition coefficient (Wildman–Crippen LogP) is 4.23. The molecule has 10 nitrogen and oxygen atoms in total. The second-order valence-electron chi connectivity index (χ2n) is 7.29. The molecule has 1 heterocycles. The fourth-order valence-electron chi connectivity index (χ4n) is 3.18. The quantitative estimate of drug-likeness (QED) is 0.175. The number of nitro benzene ring substituents is 1. The van der Waals surface area contributed by atoms with Gasteiger partial charge in [0.25, 0.3) is 11.2 Å². The molecule has 11 heteroatoms. The molecule has 2 aromatic carbocycles. The molecule has 0 fully saturated rings. The number of ether oxygens (including phenoxy) is 2. The van der Waals surface area contributed by atoms with E-state index in [-0.39, 0.29) is 29.2 Å². The first-order valence-corrected chi connectivity index (χ1v) is 11.4. The van der Waals surface area contributed by atoms with E-state index in [1.165, 1.54) is 36.0 Å². The van der Waals surface area contributed by atoms with Gasteiger partial charge in [-0.1, -0.05) is 22.9 Å². The molecule has 0 aliphatic carbocycles. The lowest BCUT2D eigenvalue weighted by molar-refractivity contribution is -0.384. The summed E-state index contributed by atoms with van der Waals surface area (Å²) in [5, 5.41) is 16.0. The number of nitro groups is 1. The van der Waals surface area contributed by atoms with Gasteiger partial charge in [-0.2, -0.15) is 9.78 Å². The van der Waals surface area contributed by atoms with E-state index in [2.05, 4.69) is 26.0 Å². The average Bonchev–Trinajstić information content (AvgIpc) is 2.80. The summed E-state index contributed by atoms with van der Waals surface area (Å²) in [4.78, 5) is 40.5. The molecule has 0 bridgehead atoms. The first kappa shape index (κ1) is 25.0. The van der Waals surface area contributed by atoms with Crippen molar-refractivity contribution in [2.75, 3.05) is 6.61 Å². The largest absolute Gasteiger partial charge is 0.478 e. The zero-order valence-electron chi connectivity index (χ0n) is 18.9. The van der Waals surface area contributed by atoms with Gasteiger partial charge in [0, 0.05) is 28.6 Å². The summed E-state index contributed by atoms with van der Waals surface area (Å²) < 4.78 is 12.5. The van der Waals surface area contributed by atoms with E-state index >= 15 is 0 Å². The molecule has 0 aliphatic heterocycles. The Morgan fingerprint density at radius 2 is 2.06 bits per heavy atom. The molecule has 0 saturated heterocycles. The summed E-state index contributed by atoms with van der Waals surface area (Å²) in [7, 11) is 0. The van der Waals surface area contributed by atoms with Gasteiger partial charge >= 0.3 is 5.97 Å². The van der Waals surface area contributed by atoms with Crippen molar-refractivity contribution >= 4 is 44.7 Å². The fourth-order valence-corrected chi connectivity index (χ4v) is 3.54. The van der Waals surface area contributed by atoms with Gasteiger partial charge in [0.2, 0.25) is 0 Å². The van der Waals surface area contributed by atoms with Gasteiger partial charge in [-0.05, 0) is 44.5 Å². The Hall–Kier alpha value is -3.60. The van der Waals surface area contributed by atoms with Crippen LogP contribution in [0, 0.1) is 10.1 Å². The summed E-state index contributed by atoms with van der Waals surface area (Å²) in [6, 6.07) is 9.10. The van der Waals surface area contributed by atoms with Crippen molar-refractivity contribution in [2.24, 2.45) is 5.10 Å². The highest BCUT2D eigenvalue weighted by molar-refractivity contribution is 9.10. The standard InChI is InChI=1S/C23H23BrN4O6/c1-4-6-21-26-19-9-7-16(24)12-18(19)22(29)27(21)25-13-15-11-17(28(31)32)8-10-20(15)34-14(3)23(30)33-5-2/h7-14H,4-6H2,1-3H3/t14-/m0/s1. The van der Waals surface area contributed by atoms with Gasteiger partial charge in [-0.3, -0.25) is 14.9 Å². The van der Waals surface area contributed by atoms with Gasteiger partial charge < -0.3 is 9.47 Å². The molecule has 178 valence electrons. The summed E-state index contributed by atoms with van der Waals surface area (Å²) in [5.74, 6) is 0.0531. The van der Waals surface area contributed by atoms with Crippen LogP contribution >= 0.6 is 15.9 Å². The molecule has 3 rings (SSSR count). The van der Waals surface area contributed by atoms with Crippen LogP contribution in [0.5, 0.6) is 5.75 Å². The van der Waals surface area contributed by atoms with E-state index < -0.39 is 17.0 Å². The minimum Gasteiger partial charge on any atom is -0.478 e. The lowest BCUT2D eigenvalue weighted by Crippen LogP contribution is -2.26. The lowest BCUT2D eigenvalue weighted by Gasteiger charge is -2.15. The fraction of sp³-hybridized carbons (Fsp3) is 0.304. The van der Waals surface area contributed by atoms with Gasteiger partial charge in [-0.25, -0.2) is 9.78 Å². The topological polar surface area (TPSA) is 126 Å². The number of halogens is 1. The molecular weight excluding hydrogens is 508 g/mol. The van der Waals surface area contributed by atoms with Gasteiger partial charge in [0.1, 0.15) is 11.6 Å². The molecule has 3 aromatic rings. The van der Waals surface area contributed by atoms with Crippen molar-refractivity contribution < 1.29 is 19.2 Å². The number of hydrogen-bond acceptors (Lipinski definition) is 8. The van der Waals surface area contributed by atoms with E-state index in [9.17, 15) is 19.7 Å². The Balaban J connectivity index is 2.10. The number of carbonyl (C=O) groups excluding carboxylic acids is 1. The lowest BCUT2D eigenvalue weighted by atomic mass is 10.2. The number of nitrogens with zero attached hydrogens (tertiary/aromatic N) is 4. The number of aromatic nitrogens is 2. The molecule has 0 unspecified atom stereocenters. The number of aryl methyl sites for hydroxylation is 1. The number of carbonyl (C=O) groups is 1. The van der Waals surface area contributed by atoms with E-state index in [4.69, 9.17) is 9.47 Å². The summed E-state index contributed by atoms with van der Waals surface area (Å²) in [5.41, 5.74) is 0.192. The first-order chi connectivity index (χ1) is 16.2. The zero-order chi connectivity index (χ0) is 24.8. The Morgan fingerprint density at radius 3 is 2.74 bits per heavy atom. The molecule has 0 aliphatic rings. The zero-order valence-corrected chi connectivity index (χ0v) is 20.4. The Labute approximate surface area is 203 Å².